The van der Waals surface area contributed by atoms with E-state index in [2.05, 4.69) is 24.8 Å². The summed E-state index contributed by atoms with van der Waals surface area (Å²) in [4.78, 5) is 28.6. The fourth-order valence-corrected chi connectivity index (χ4v) is 4.05. The second kappa shape index (κ2) is 5.26. The minimum atomic E-state index is 0.283. The largest absolute Gasteiger partial charge is 0.351 e. The van der Waals surface area contributed by atoms with Crippen LogP contribution in [-0.2, 0) is 4.79 Å². The van der Waals surface area contributed by atoms with Crippen LogP contribution in [0.25, 0.3) is 11.0 Å². The number of nitrogens with zero attached hydrogens (tertiary/aromatic N) is 4. The van der Waals surface area contributed by atoms with Crippen molar-refractivity contribution < 1.29 is 4.79 Å². The average Bonchev–Trinajstić information content (AvgIpc) is 3.19. The number of carbonyl (C=O) groups is 1. The van der Waals surface area contributed by atoms with Gasteiger partial charge in [-0.15, -0.1) is 0 Å². The van der Waals surface area contributed by atoms with Crippen molar-refractivity contribution in [1.29, 1.82) is 0 Å². The van der Waals surface area contributed by atoms with Crippen LogP contribution in [0.4, 0.5) is 5.82 Å². The summed E-state index contributed by atoms with van der Waals surface area (Å²) in [5.41, 5.74) is 0.880. The standard InChI is InChI=1S/C16H21N5O/c1-2-14(22)20-8-3-4-12-13(20)6-9-21(12)16-11-5-7-17-15(11)18-10-19-16/h5,7,10,12-13H,2-4,6,8-9H2,1H3,(H,17,18,19)/t12-,13-/m1/s1. The van der Waals surface area contributed by atoms with Gasteiger partial charge in [0.05, 0.1) is 17.5 Å². The number of fused-ring (bicyclic) bond motifs is 2. The number of likely N-dealkylation sites (tertiary alicyclic amines) is 1. The van der Waals surface area contributed by atoms with Crippen LogP contribution < -0.4 is 4.90 Å². The lowest BCUT2D eigenvalue weighted by molar-refractivity contribution is -0.134. The molecule has 2 atom stereocenters. The number of hydrogen-bond donors (Lipinski definition) is 1. The average molecular weight is 299 g/mol. The van der Waals surface area contributed by atoms with E-state index < -0.39 is 0 Å². The molecule has 6 heteroatoms. The molecule has 0 aliphatic carbocycles. The van der Waals surface area contributed by atoms with Crippen molar-refractivity contribution >= 4 is 22.8 Å². The molecule has 4 heterocycles. The molecule has 1 N–H and O–H groups in total. The summed E-state index contributed by atoms with van der Waals surface area (Å²) in [6, 6.07) is 2.76. The molecule has 116 valence electrons. The first kappa shape index (κ1) is 13.5. The van der Waals surface area contributed by atoms with Crippen molar-refractivity contribution in [2.45, 2.75) is 44.7 Å². The fraction of sp³-hybridized carbons (Fsp3) is 0.562. The van der Waals surface area contributed by atoms with E-state index >= 15 is 0 Å². The van der Waals surface area contributed by atoms with Gasteiger partial charge in [0.1, 0.15) is 17.8 Å². The highest BCUT2D eigenvalue weighted by Crippen LogP contribution is 2.36. The summed E-state index contributed by atoms with van der Waals surface area (Å²) in [6.07, 6.45) is 7.37. The predicted octanol–water partition coefficient (Wildman–Crippen LogP) is 1.94. The Kier molecular flexibility index (Phi) is 3.24. The van der Waals surface area contributed by atoms with E-state index in [1.165, 1.54) is 0 Å². The number of aromatic nitrogens is 3. The van der Waals surface area contributed by atoms with Gasteiger partial charge in [-0.2, -0.15) is 0 Å². The summed E-state index contributed by atoms with van der Waals surface area (Å²) in [7, 11) is 0. The highest BCUT2D eigenvalue weighted by Gasteiger charge is 2.42. The van der Waals surface area contributed by atoms with Gasteiger partial charge in [0.2, 0.25) is 5.91 Å². The first-order chi connectivity index (χ1) is 10.8. The summed E-state index contributed by atoms with van der Waals surface area (Å²) >= 11 is 0. The Balaban J connectivity index is 1.67. The number of carbonyl (C=O) groups excluding carboxylic acids is 1. The smallest absolute Gasteiger partial charge is 0.222 e. The lowest BCUT2D eigenvalue weighted by Crippen LogP contribution is -2.52. The van der Waals surface area contributed by atoms with Crippen LogP contribution in [0.15, 0.2) is 18.6 Å². The molecule has 0 unspecified atom stereocenters. The summed E-state index contributed by atoms with van der Waals surface area (Å²) in [5, 5.41) is 1.07. The Bertz CT molecular complexity index is 697. The molecule has 2 aromatic rings. The van der Waals surface area contributed by atoms with Crippen LogP contribution in [0.1, 0.15) is 32.6 Å². The number of aromatic amines is 1. The van der Waals surface area contributed by atoms with Gasteiger partial charge < -0.3 is 14.8 Å². The predicted molar refractivity (Wildman–Crippen MR) is 84.7 cm³/mol. The zero-order valence-electron chi connectivity index (χ0n) is 12.8. The van der Waals surface area contributed by atoms with Crippen LogP contribution >= 0.6 is 0 Å². The van der Waals surface area contributed by atoms with Crippen molar-refractivity contribution in [2.24, 2.45) is 0 Å². The molecule has 0 radical (unpaired) electrons. The van der Waals surface area contributed by atoms with Gasteiger partial charge in [-0.3, -0.25) is 4.79 Å². The molecule has 0 aromatic carbocycles. The van der Waals surface area contributed by atoms with Gasteiger partial charge >= 0.3 is 0 Å². The molecule has 22 heavy (non-hydrogen) atoms. The van der Waals surface area contributed by atoms with Gasteiger partial charge in [-0.1, -0.05) is 6.92 Å². The number of amides is 1. The Morgan fingerprint density at radius 3 is 3.09 bits per heavy atom. The van der Waals surface area contributed by atoms with Crippen molar-refractivity contribution in [2.75, 3.05) is 18.0 Å². The van der Waals surface area contributed by atoms with Crippen LogP contribution in [-0.4, -0.2) is 50.9 Å². The van der Waals surface area contributed by atoms with E-state index in [9.17, 15) is 4.79 Å². The molecule has 0 spiro atoms. The molecule has 4 rings (SSSR count). The third-order valence-electron chi connectivity index (χ3n) is 5.04. The molecule has 0 saturated carbocycles. The normalized spacial score (nSPS) is 24.8. The van der Waals surface area contributed by atoms with Crippen LogP contribution in [0, 0.1) is 0 Å². The van der Waals surface area contributed by atoms with Gasteiger partial charge in [0.15, 0.2) is 0 Å². The maximum absolute atomic E-state index is 12.2. The quantitative estimate of drug-likeness (QED) is 0.920. The molecule has 0 bridgehead atoms. The van der Waals surface area contributed by atoms with Gasteiger partial charge in [-0.25, -0.2) is 9.97 Å². The second-order valence-corrected chi connectivity index (χ2v) is 6.14. The van der Waals surface area contributed by atoms with E-state index in [0.717, 1.165) is 49.2 Å². The SMILES string of the molecule is CCC(=O)N1CCC[C@@H]2[C@H]1CCN2c1ncnc2[nH]ccc12. The maximum Gasteiger partial charge on any atom is 0.222 e. The fourth-order valence-electron chi connectivity index (χ4n) is 4.05. The number of rotatable bonds is 2. The van der Waals surface area contributed by atoms with E-state index in [4.69, 9.17) is 0 Å². The zero-order chi connectivity index (χ0) is 15.1. The monoisotopic (exact) mass is 299 g/mol. The highest BCUT2D eigenvalue weighted by atomic mass is 16.2. The highest BCUT2D eigenvalue weighted by molar-refractivity contribution is 5.87. The lowest BCUT2D eigenvalue weighted by Gasteiger charge is -2.40. The van der Waals surface area contributed by atoms with Crippen LogP contribution in [0.5, 0.6) is 0 Å². The first-order valence-corrected chi connectivity index (χ1v) is 8.13. The molecule has 2 aliphatic heterocycles. The molecule has 1 amide bonds. The molecule has 2 aliphatic rings. The minimum Gasteiger partial charge on any atom is -0.351 e. The number of nitrogens with one attached hydrogen (secondary N) is 1. The molecular weight excluding hydrogens is 278 g/mol. The van der Waals surface area contributed by atoms with Gasteiger partial charge in [0.25, 0.3) is 0 Å². The third-order valence-corrected chi connectivity index (χ3v) is 5.04. The zero-order valence-corrected chi connectivity index (χ0v) is 12.8. The van der Waals surface area contributed by atoms with Gasteiger partial charge in [-0.05, 0) is 25.3 Å². The van der Waals surface area contributed by atoms with E-state index in [0.29, 0.717) is 18.5 Å². The summed E-state index contributed by atoms with van der Waals surface area (Å²) < 4.78 is 0. The Morgan fingerprint density at radius 2 is 2.23 bits per heavy atom. The van der Waals surface area contributed by atoms with Crippen molar-refractivity contribution in [1.82, 2.24) is 19.9 Å². The summed E-state index contributed by atoms with van der Waals surface area (Å²) in [5.74, 6) is 1.29. The molecule has 2 saturated heterocycles. The topological polar surface area (TPSA) is 65.1 Å². The number of H-pyrrole nitrogens is 1. The molecular formula is C16H21N5O. The Labute approximate surface area is 129 Å². The second-order valence-electron chi connectivity index (χ2n) is 6.14. The molecule has 2 fully saturated rings. The summed E-state index contributed by atoms with van der Waals surface area (Å²) in [6.45, 7) is 3.82. The lowest BCUT2D eigenvalue weighted by atomic mass is 9.96. The Hall–Kier alpha value is -2.11. The van der Waals surface area contributed by atoms with Gasteiger partial charge in [0, 0.05) is 25.7 Å². The minimum absolute atomic E-state index is 0.283. The van der Waals surface area contributed by atoms with Crippen molar-refractivity contribution in [3.8, 4) is 0 Å². The van der Waals surface area contributed by atoms with E-state index in [1.807, 2.05) is 19.2 Å². The van der Waals surface area contributed by atoms with Crippen molar-refractivity contribution in [3.05, 3.63) is 18.6 Å². The van der Waals surface area contributed by atoms with E-state index in [-0.39, 0.29) is 5.91 Å². The number of piperidine rings is 1. The Morgan fingerprint density at radius 1 is 1.32 bits per heavy atom. The molecule has 6 nitrogen and oxygen atoms in total. The van der Waals surface area contributed by atoms with Crippen LogP contribution in [0.3, 0.4) is 0 Å². The molecule has 2 aromatic heterocycles. The van der Waals surface area contributed by atoms with Crippen molar-refractivity contribution in [3.63, 3.8) is 0 Å². The number of anilines is 1. The van der Waals surface area contributed by atoms with E-state index in [1.54, 1.807) is 6.33 Å². The third kappa shape index (κ3) is 1.97. The number of hydrogen-bond acceptors (Lipinski definition) is 4. The van der Waals surface area contributed by atoms with Crippen LogP contribution in [0.2, 0.25) is 0 Å². The first-order valence-electron chi connectivity index (χ1n) is 8.13. The maximum atomic E-state index is 12.2.